The average molecular weight is 239 g/mol. The van der Waals surface area contributed by atoms with Crippen LogP contribution in [0.15, 0.2) is 0 Å². The zero-order chi connectivity index (χ0) is 12.3. The SMILES string of the molecule is CN1CCC(CN(C)C(=O)[C@@H]2CCCCN2)C1. The van der Waals surface area contributed by atoms with E-state index in [9.17, 15) is 4.79 Å². The van der Waals surface area contributed by atoms with Crippen molar-refractivity contribution in [3.8, 4) is 0 Å². The van der Waals surface area contributed by atoms with Gasteiger partial charge >= 0.3 is 0 Å². The first-order valence-corrected chi connectivity index (χ1v) is 6.83. The van der Waals surface area contributed by atoms with E-state index in [-0.39, 0.29) is 6.04 Å². The Kier molecular flexibility index (Phi) is 4.40. The van der Waals surface area contributed by atoms with E-state index in [1.54, 1.807) is 0 Å². The molecule has 0 aromatic rings. The van der Waals surface area contributed by atoms with Crippen LogP contribution in [0, 0.1) is 5.92 Å². The van der Waals surface area contributed by atoms with Crippen molar-refractivity contribution < 1.29 is 4.79 Å². The maximum absolute atomic E-state index is 12.2. The van der Waals surface area contributed by atoms with Crippen LogP contribution in [0.25, 0.3) is 0 Å². The third-order valence-electron chi connectivity index (χ3n) is 4.01. The van der Waals surface area contributed by atoms with Crippen LogP contribution in [0.2, 0.25) is 0 Å². The monoisotopic (exact) mass is 239 g/mol. The number of hydrogen-bond acceptors (Lipinski definition) is 3. The number of likely N-dealkylation sites (tertiary alicyclic amines) is 1. The van der Waals surface area contributed by atoms with E-state index in [2.05, 4.69) is 17.3 Å². The van der Waals surface area contributed by atoms with Crippen LogP contribution in [0.3, 0.4) is 0 Å². The van der Waals surface area contributed by atoms with Crippen molar-refractivity contribution in [1.82, 2.24) is 15.1 Å². The van der Waals surface area contributed by atoms with Gasteiger partial charge in [-0.15, -0.1) is 0 Å². The van der Waals surface area contributed by atoms with Crippen molar-refractivity contribution in [2.45, 2.75) is 31.7 Å². The molecule has 2 saturated heterocycles. The molecule has 4 heteroatoms. The summed E-state index contributed by atoms with van der Waals surface area (Å²) in [5, 5.41) is 3.33. The van der Waals surface area contributed by atoms with Crippen LogP contribution in [0.4, 0.5) is 0 Å². The molecule has 1 amide bonds. The first-order valence-electron chi connectivity index (χ1n) is 6.83. The highest BCUT2D eigenvalue weighted by molar-refractivity contribution is 5.81. The van der Waals surface area contributed by atoms with E-state index >= 15 is 0 Å². The fourth-order valence-electron chi connectivity index (χ4n) is 2.98. The summed E-state index contributed by atoms with van der Waals surface area (Å²) in [6, 6.07) is 0.0767. The molecule has 2 aliphatic heterocycles. The van der Waals surface area contributed by atoms with Crippen molar-refractivity contribution >= 4 is 5.91 Å². The number of hydrogen-bond donors (Lipinski definition) is 1. The molecule has 1 unspecified atom stereocenters. The first kappa shape index (κ1) is 12.8. The summed E-state index contributed by atoms with van der Waals surface area (Å²) < 4.78 is 0. The Hall–Kier alpha value is -0.610. The van der Waals surface area contributed by atoms with E-state index in [4.69, 9.17) is 0 Å². The average Bonchev–Trinajstić information content (AvgIpc) is 2.75. The summed E-state index contributed by atoms with van der Waals surface area (Å²) in [7, 11) is 4.11. The number of carbonyl (C=O) groups is 1. The standard InChI is InChI=1S/C13H25N3O/c1-15-8-6-11(9-15)10-16(2)13(17)12-5-3-4-7-14-12/h11-12,14H,3-10H2,1-2H3/t11?,12-/m0/s1. The molecule has 0 aromatic heterocycles. The summed E-state index contributed by atoms with van der Waals surface area (Å²) in [4.78, 5) is 16.5. The Morgan fingerprint density at radius 2 is 2.24 bits per heavy atom. The van der Waals surface area contributed by atoms with Gasteiger partial charge in [0.1, 0.15) is 0 Å². The normalized spacial score (nSPS) is 30.5. The second-order valence-electron chi connectivity index (χ2n) is 5.64. The van der Waals surface area contributed by atoms with E-state index in [0.29, 0.717) is 11.8 Å². The number of piperidine rings is 1. The van der Waals surface area contributed by atoms with Crippen LogP contribution in [-0.4, -0.2) is 62.0 Å². The predicted molar refractivity (Wildman–Crippen MR) is 68.9 cm³/mol. The topological polar surface area (TPSA) is 35.6 Å². The molecule has 0 radical (unpaired) electrons. The fraction of sp³-hybridized carbons (Fsp3) is 0.923. The van der Waals surface area contributed by atoms with Crippen molar-refractivity contribution in [1.29, 1.82) is 0 Å². The zero-order valence-electron chi connectivity index (χ0n) is 11.1. The van der Waals surface area contributed by atoms with Crippen LogP contribution >= 0.6 is 0 Å². The minimum atomic E-state index is 0.0767. The number of amides is 1. The molecular weight excluding hydrogens is 214 g/mol. The molecule has 1 N–H and O–H groups in total. The maximum Gasteiger partial charge on any atom is 0.239 e. The minimum Gasteiger partial charge on any atom is -0.344 e. The third kappa shape index (κ3) is 3.42. The quantitative estimate of drug-likeness (QED) is 0.781. The molecule has 4 nitrogen and oxygen atoms in total. The van der Waals surface area contributed by atoms with Crippen molar-refractivity contribution in [3.05, 3.63) is 0 Å². The molecule has 2 heterocycles. The molecule has 2 rings (SSSR count). The molecule has 2 aliphatic rings. The second kappa shape index (κ2) is 5.83. The molecule has 0 aromatic carbocycles. The van der Waals surface area contributed by atoms with Gasteiger partial charge < -0.3 is 15.1 Å². The van der Waals surface area contributed by atoms with Crippen LogP contribution < -0.4 is 5.32 Å². The lowest BCUT2D eigenvalue weighted by molar-refractivity contribution is -0.133. The molecule has 0 saturated carbocycles. The zero-order valence-corrected chi connectivity index (χ0v) is 11.1. The molecule has 2 atom stereocenters. The van der Waals surface area contributed by atoms with Gasteiger partial charge in [-0.2, -0.15) is 0 Å². The summed E-state index contributed by atoms with van der Waals surface area (Å²) in [5.74, 6) is 0.955. The van der Waals surface area contributed by atoms with Crippen molar-refractivity contribution in [2.75, 3.05) is 40.3 Å². The molecular formula is C13H25N3O. The van der Waals surface area contributed by atoms with Gasteiger partial charge in [0.2, 0.25) is 5.91 Å². The van der Waals surface area contributed by atoms with E-state index < -0.39 is 0 Å². The number of nitrogens with zero attached hydrogens (tertiary/aromatic N) is 2. The Balaban J connectivity index is 1.78. The highest BCUT2D eigenvalue weighted by Crippen LogP contribution is 2.16. The Morgan fingerprint density at radius 3 is 2.82 bits per heavy atom. The Morgan fingerprint density at radius 1 is 1.41 bits per heavy atom. The molecule has 0 spiro atoms. The summed E-state index contributed by atoms with van der Waals surface area (Å²) in [6.45, 7) is 4.22. The smallest absolute Gasteiger partial charge is 0.239 e. The van der Waals surface area contributed by atoms with Crippen LogP contribution in [0.1, 0.15) is 25.7 Å². The van der Waals surface area contributed by atoms with Gasteiger partial charge in [-0.25, -0.2) is 0 Å². The van der Waals surface area contributed by atoms with Crippen molar-refractivity contribution in [2.24, 2.45) is 5.92 Å². The minimum absolute atomic E-state index is 0.0767. The highest BCUT2D eigenvalue weighted by atomic mass is 16.2. The summed E-state index contributed by atoms with van der Waals surface area (Å²) in [6.07, 6.45) is 4.63. The number of rotatable bonds is 3. The third-order valence-corrected chi connectivity index (χ3v) is 4.01. The first-order chi connectivity index (χ1) is 8.16. The summed E-state index contributed by atoms with van der Waals surface area (Å²) in [5.41, 5.74) is 0. The van der Waals surface area contributed by atoms with Gasteiger partial charge in [-0.1, -0.05) is 6.42 Å². The molecule has 98 valence electrons. The lowest BCUT2D eigenvalue weighted by Crippen LogP contribution is -2.48. The fourth-order valence-corrected chi connectivity index (χ4v) is 2.98. The van der Waals surface area contributed by atoms with E-state index in [1.165, 1.54) is 25.8 Å². The molecule has 0 bridgehead atoms. The van der Waals surface area contributed by atoms with Gasteiger partial charge in [-0.3, -0.25) is 4.79 Å². The van der Waals surface area contributed by atoms with E-state index in [1.807, 2.05) is 11.9 Å². The number of carbonyl (C=O) groups excluding carboxylic acids is 1. The highest BCUT2D eigenvalue weighted by Gasteiger charge is 2.27. The largest absolute Gasteiger partial charge is 0.344 e. The molecule has 17 heavy (non-hydrogen) atoms. The number of likely N-dealkylation sites (N-methyl/N-ethyl adjacent to an activating group) is 1. The van der Waals surface area contributed by atoms with Gasteiger partial charge in [0, 0.05) is 20.1 Å². The van der Waals surface area contributed by atoms with Gasteiger partial charge in [0.25, 0.3) is 0 Å². The maximum atomic E-state index is 12.2. The Bertz CT molecular complexity index is 263. The van der Waals surface area contributed by atoms with Gasteiger partial charge in [0.05, 0.1) is 6.04 Å². The molecule has 2 fully saturated rings. The van der Waals surface area contributed by atoms with Gasteiger partial charge in [-0.05, 0) is 45.3 Å². The van der Waals surface area contributed by atoms with E-state index in [0.717, 1.165) is 26.1 Å². The number of nitrogens with one attached hydrogen (secondary N) is 1. The van der Waals surface area contributed by atoms with Crippen molar-refractivity contribution in [3.63, 3.8) is 0 Å². The summed E-state index contributed by atoms with van der Waals surface area (Å²) >= 11 is 0. The second-order valence-corrected chi connectivity index (χ2v) is 5.64. The Labute approximate surface area is 104 Å². The van der Waals surface area contributed by atoms with Gasteiger partial charge in [0.15, 0.2) is 0 Å². The van der Waals surface area contributed by atoms with Crippen LogP contribution in [-0.2, 0) is 4.79 Å². The van der Waals surface area contributed by atoms with Crippen LogP contribution in [0.5, 0.6) is 0 Å². The predicted octanol–water partition coefficient (Wildman–Crippen LogP) is 0.539. The lowest BCUT2D eigenvalue weighted by atomic mass is 10.0. The lowest BCUT2D eigenvalue weighted by Gasteiger charge is -2.29. The molecule has 0 aliphatic carbocycles.